The minimum absolute atomic E-state index is 0.107. The predicted octanol–water partition coefficient (Wildman–Crippen LogP) is 0.523. The summed E-state index contributed by atoms with van der Waals surface area (Å²) in [5.74, 6) is -0.978. The van der Waals surface area contributed by atoms with E-state index in [0.29, 0.717) is 0 Å². The SMILES string of the molecule is CS(=O)(=O)NNC(=O)C1=CN(CC(=O)c2cc([N+](=O)[O-])cs2)C=CC1. The molecule has 2 heterocycles. The van der Waals surface area contributed by atoms with Gasteiger partial charge in [-0.15, -0.1) is 16.2 Å². The second kappa shape index (κ2) is 7.55. The second-order valence-electron chi connectivity index (χ2n) is 5.09. The second-order valence-corrected chi connectivity index (χ2v) is 7.75. The number of Topliss-reactive ketones (excluding diaryl/α,β-unsaturated/α-hetero) is 1. The summed E-state index contributed by atoms with van der Waals surface area (Å²) < 4.78 is 21.9. The Balaban J connectivity index is 2.01. The van der Waals surface area contributed by atoms with E-state index in [9.17, 15) is 28.1 Å². The van der Waals surface area contributed by atoms with E-state index in [1.807, 2.05) is 4.83 Å². The topological polar surface area (TPSA) is 139 Å². The zero-order chi connectivity index (χ0) is 18.6. The average molecular weight is 386 g/mol. The molecule has 0 atom stereocenters. The lowest BCUT2D eigenvalue weighted by Gasteiger charge is -2.20. The quantitative estimate of drug-likeness (QED) is 0.396. The van der Waals surface area contributed by atoms with Crippen molar-refractivity contribution in [3.63, 3.8) is 0 Å². The van der Waals surface area contributed by atoms with Gasteiger partial charge in [-0.2, -0.15) is 0 Å². The van der Waals surface area contributed by atoms with Crippen molar-refractivity contribution in [1.29, 1.82) is 0 Å². The first-order valence-electron chi connectivity index (χ1n) is 6.82. The van der Waals surface area contributed by atoms with Gasteiger partial charge in [-0.05, 0) is 6.42 Å². The molecule has 0 aliphatic carbocycles. The molecular formula is C13H14N4O6S2. The maximum absolute atomic E-state index is 12.2. The average Bonchev–Trinajstić information content (AvgIpc) is 3.02. The van der Waals surface area contributed by atoms with Crippen molar-refractivity contribution in [2.45, 2.75) is 6.42 Å². The third-order valence-corrected chi connectivity index (χ3v) is 4.43. The molecule has 2 N–H and O–H groups in total. The molecule has 0 aromatic carbocycles. The number of rotatable bonds is 7. The Bertz CT molecular complexity index is 871. The summed E-state index contributed by atoms with van der Waals surface area (Å²) in [5, 5.41) is 11.9. The van der Waals surface area contributed by atoms with Crippen LogP contribution < -0.4 is 10.3 Å². The van der Waals surface area contributed by atoms with E-state index < -0.39 is 20.9 Å². The Morgan fingerprint density at radius 1 is 1.44 bits per heavy atom. The lowest BCUT2D eigenvalue weighted by Crippen LogP contribution is -2.42. The molecule has 1 aromatic heterocycles. The Hall–Kier alpha value is -2.57. The first-order valence-corrected chi connectivity index (χ1v) is 9.59. The summed E-state index contributed by atoms with van der Waals surface area (Å²) in [6.07, 6.45) is 5.82. The number of hydrogen-bond donors (Lipinski definition) is 2. The van der Waals surface area contributed by atoms with Gasteiger partial charge in [0.05, 0.1) is 28.0 Å². The first-order chi connectivity index (χ1) is 11.7. The first kappa shape index (κ1) is 18.8. The zero-order valence-electron chi connectivity index (χ0n) is 13.0. The highest BCUT2D eigenvalue weighted by atomic mass is 32.2. The molecule has 0 bridgehead atoms. The number of carbonyl (C=O) groups excluding carboxylic acids is 2. The van der Waals surface area contributed by atoms with Crippen molar-refractivity contribution in [2.75, 3.05) is 12.8 Å². The predicted molar refractivity (Wildman–Crippen MR) is 90.0 cm³/mol. The molecule has 10 nitrogen and oxygen atoms in total. The molecule has 1 aliphatic heterocycles. The van der Waals surface area contributed by atoms with Crippen LogP contribution in [-0.4, -0.2) is 42.7 Å². The number of nitrogens with one attached hydrogen (secondary N) is 2. The number of ketones is 1. The highest BCUT2D eigenvalue weighted by Crippen LogP contribution is 2.22. The van der Waals surface area contributed by atoms with E-state index in [1.54, 1.807) is 12.3 Å². The van der Waals surface area contributed by atoms with Gasteiger partial charge < -0.3 is 4.90 Å². The van der Waals surface area contributed by atoms with Gasteiger partial charge >= 0.3 is 0 Å². The molecule has 134 valence electrons. The van der Waals surface area contributed by atoms with Crippen molar-refractivity contribution in [3.05, 3.63) is 50.5 Å². The number of hydrogen-bond acceptors (Lipinski definition) is 8. The monoisotopic (exact) mass is 386 g/mol. The van der Waals surface area contributed by atoms with Crippen molar-refractivity contribution in [2.24, 2.45) is 0 Å². The molecule has 25 heavy (non-hydrogen) atoms. The summed E-state index contributed by atoms with van der Waals surface area (Å²) >= 11 is 0.974. The van der Waals surface area contributed by atoms with Crippen LogP contribution in [0.1, 0.15) is 16.1 Å². The minimum Gasteiger partial charge on any atom is -0.346 e. The fraction of sp³-hybridized carbons (Fsp3) is 0.231. The maximum atomic E-state index is 12.2. The molecule has 1 aromatic rings. The molecule has 0 saturated carbocycles. The van der Waals surface area contributed by atoms with Gasteiger partial charge in [0.15, 0.2) is 5.78 Å². The van der Waals surface area contributed by atoms with Crippen LogP contribution in [0.3, 0.4) is 0 Å². The fourth-order valence-electron chi connectivity index (χ4n) is 1.89. The number of thiophene rings is 1. The lowest BCUT2D eigenvalue weighted by molar-refractivity contribution is -0.384. The maximum Gasteiger partial charge on any atom is 0.280 e. The van der Waals surface area contributed by atoms with Crippen LogP contribution >= 0.6 is 11.3 Å². The van der Waals surface area contributed by atoms with E-state index in [-0.39, 0.29) is 34.9 Å². The van der Waals surface area contributed by atoms with Crippen molar-refractivity contribution in [1.82, 2.24) is 15.2 Å². The van der Waals surface area contributed by atoms with E-state index >= 15 is 0 Å². The van der Waals surface area contributed by atoms with Crippen molar-refractivity contribution >= 4 is 38.7 Å². The van der Waals surface area contributed by atoms with Gasteiger partial charge in [-0.25, -0.2) is 8.42 Å². The van der Waals surface area contributed by atoms with Crippen LogP contribution in [-0.2, 0) is 14.8 Å². The van der Waals surface area contributed by atoms with Gasteiger partial charge in [0.1, 0.15) is 0 Å². The van der Waals surface area contributed by atoms with Gasteiger partial charge in [-0.1, -0.05) is 6.08 Å². The van der Waals surface area contributed by atoms with E-state index in [4.69, 9.17) is 0 Å². The molecule has 0 saturated heterocycles. The Morgan fingerprint density at radius 2 is 2.16 bits per heavy atom. The van der Waals surface area contributed by atoms with Crippen LogP contribution in [0.4, 0.5) is 5.69 Å². The van der Waals surface area contributed by atoms with Crippen molar-refractivity contribution < 1.29 is 22.9 Å². The highest BCUT2D eigenvalue weighted by Gasteiger charge is 2.19. The summed E-state index contributed by atoms with van der Waals surface area (Å²) in [5.41, 5.74) is 2.16. The number of allylic oxidation sites excluding steroid dienone is 1. The number of nitro groups is 1. The van der Waals surface area contributed by atoms with E-state index in [2.05, 4.69) is 5.43 Å². The fourth-order valence-corrected chi connectivity index (χ4v) is 2.96. The number of amides is 1. The normalized spacial score (nSPS) is 14.1. The van der Waals surface area contributed by atoms with Gasteiger partial charge in [-0.3, -0.25) is 25.1 Å². The summed E-state index contributed by atoms with van der Waals surface area (Å²) in [4.78, 5) is 37.7. The smallest absolute Gasteiger partial charge is 0.280 e. The van der Waals surface area contributed by atoms with Crippen LogP contribution in [0.15, 0.2) is 35.5 Å². The van der Waals surface area contributed by atoms with Gasteiger partial charge in [0.2, 0.25) is 10.0 Å². The third kappa shape index (κ3) is 5.48. The van der Waals surface area contributed by atoms with Crippen LogP contribution in [0, 0.1) is 10.1 Å². The molecule has 0 radical (unpaired) electrons. The summed E-state index contributed by atoms with van der Waals surface area (Å²) in [6.45, 7) is -0.107. The van der Waals surface area contributed by atoms with Crippen molar-refractivity contribution in [3.8, 4) is 0 Å². The standard InChI is InChI=1S/C13H14N4O6S2/c1-25(22,23)15-14-13(19)9-3-2-4-16(6-9)7-11(18)12-5-10(8-24-12)17(20)21/h2,4-6,8,15H,3,7H2,1H3,(H,14,19). The molecule has 1 aliphatic rings. The third-order valence-electron chi connectivity index (χ3n) is 3.00. The number of sulfonamides is 1. The van der Waals surface area contributed by atoms with E-state index in [0.717, 1.165) is 17.6 Å². The Kier molecular flexibility index (Phi) is 5.66. The van der Waals surface area contributed by atoms with Crippen LogP contribution in [0.25, 0.3) is 0 Å². The summed E-state index contributed by atoms with van der Waals surface area (Å²) in [6, 6.07) is 1.20. The Morgan fingerprint density at radius 3 is 2.76 bits per heavy atom. The van der Waals surface area contributed by atoms with Crippen LogP contribution in [0.2, 0.25) is 0 Å². The zero-order valence-corrected chi connectivity index (χ0v) is 14.6. The molecule has 2 rings (SSSR count). The highest BCUT2D eigenvalue weighted by molar-refractivity contribution is 7.88. The number of hydrazine groups is 1. The molecule has 1 amide bonds. The summed E-state index contributed by atoms with van der Waals surface area (Å²) in [7, 11) is -3.58. The Labute approximate surface area is 147 Å². The van der Waals surface area contributed by atoms with E-state index in [1.165, 1.54) is 22.5 Å². The molecule has 0 fully saturated rings. The number of nitrogens with zero attached hydrogens (tertiary/aromatic N) is 2. The molecular weight excluding hydrogens is 372 g/mol. The minimum atomic E-state index is -3.58. The number of carbonyl (C=O) groups is 2. The largest absolute Gasteiger partial charge is 0.346 e. The van der Waals surface area contributed by atoms with Gasteiger partial charge in [0.25, 0.3) is 11.6 Å². The molecule has 0 unspecified atom stereocenters. The van der Waals surface area contributed by atoms with Gasteiger partial charge in [0, 0.05) is 24.0 Å². The van der Waals surface area contributed by atoms with Crippen LogP contribution in [0.5, 0.6) is 0 Å². The molecule has 0 spiro atoms. The lowest BCUT2D eigenvalue weighted by atomic mass is 10.1. The molecule has 12 heteroatoms.